The molecule has 0 fully saturated rings. The third-order valence-corrected chi connectivity index (χ3v) is 4.85. The Kier molecular flexibility index (Phi) is 5.86. The molecule has 0 saturated carbocycles. The Morgan fingerprint density at radius 3 is 1.86 bits per heavy atom. The average molecular weight is 349 g/mol. The SMILES string of the molecule is C[Si](C)(C)OC(=O)C1CC=C(Cl)CC1C(=O)O[Si](C)(C)C. The van der Waals surface area contributed by atoms with Crippen LogP contribution >= 0.6 is 11.6 Å². The molecule has 1 rings (SSSR count). The molecular formula is C14H25ClO4Si2. The van der Waals surface area contributed by atoms with Crippen molar-refractivity contribution in [2.45, 2.75) is 52.1 Å². The summed E-state index contributed by atoms with van der Waals surface area (Å²) in [5.41, 5.74) is 0. The predicted molar refractivity (Wildman–Crippen MR) is 89.0 cm³/mol. The van der Waals surface area contributed by atoms with Gasteiger partial charge in [0.2, 0.25) is 16.6 Å². The van der Waals surface area contributed by atoms with Crippen molar-refractivity contribution in [3.8, 4) is 0 Å². The van der Waals surface area contributed by atoms with Gasteiger partial charge in [-0.25, -0.2) is 0 Å². The summed E-state index contributed by atoms with van der Waals surface area (Å²) in [5, 5.41) is 0.615. The third-order valence-electron chi connectivity index (χ3n) is 2.91. The fourth-order valence-electron chi connectivity index (χ4n) is 2.12. The Bertz CT molecular complexity index is 449. The van der Waals surface area contributed by atoms with Crippen molar-refractivity contribution < 1.29 is 18.4 Å². The maximum Gasteiger partial charge on any atom is 0.296 e. The van der Waals surface area contributed by atoms with Crippen LogP contribution in [0.4, 0.5) is 0 Å². The summed E-state index contributed by atoms with van der Waals surface area (Å²) >= 11 is 6.05. The molecule has 0 aromatic heterocycles. The van der Waals surface area contributed by atoms with Crippen molar-refractivity contribution in [3.05, 3.63) is 11.1 Å². The van der Waals surface area contributed by atoms with E-state index >= 15 is 0 Å². The Morgan fingerprint density at radius 2 is 1.43 bits per heavy atom. The van der Waals surface area contributed by atoms with E-state index in [9.17, 15) is 9.59 Å². The highest BCUT2D eigenvalue weighted by Gasteiger charge is 2.40. The van der Waals surface area contributed by atoms with Gasteiger partial charge in [0.25, 0.3) is 11.9 Å². The first-order valence-electron chi connectivity index (χ1n) is 7.19. The fourth-order valence-corrected chi connectivity index (χ4v) is 3.88. The molecule has 120 valence electrons. The Morgan fingerprint density at radius 1 is 1.00 bits per heavy atom. The van der Waals surface area contributed by atoms with Gasteiger partial charge in [0.15, 0.2) is 0 Å². The minimum atomic E-state index is -1.99. The molecular weight excluding hydrogens is 324 g/mol. The lowest BCUT2D eigenvalue weighted by Gasteiger charge is -2.31. The van der Waals surface area contributed by atoms with E-state index in [4.69, 9.17) is 20.5 Å². The number of rotatable bonds is 4. The molecule has 0 aliphatic heterocycles. The van der Waals surface area contributed by atoms with E-state index in [0.29, 0.717) is 17.9 Å². The third kappa shape index (κ3) is 6.36. The van der Waals surface area contributed by atoms with Gasteiger partial charge in [0.05, 0.1) is 11.8 Å². The minimum absolute atomic E-state index is 0.299. The summed E-state index contributed by atoms with van der Waals surface area (Å²) in [4.78, 5) is 24.7. The average Bonchev–Trinajstić information content (AvgIpc) is 2.23. The molecule has 0 amide bonds. The molecule has 21 heavy (non-hydrogen) atoms. The molecule has 0 saturated heterocycles. The van der Waals surface area contributed by atoms with Crippen LogP contribution in [0.1, 0.15) is 12.8 Å². The van der Waals surface area contributed by atoms with Crippen LogP contribution < -0.4 is 0 Å². The summed E-state index contributed by atoms with van der Waals surface area (Å²) in [6.07, 6.45) is 2.60. The molecule has 0 spiro atoms. The largest absolute Gasteiger partial charge is 0.520 e. The van der Waals surface area contributed by atoms with E-state index in [2.05, 4.69) is 0 Å². The van der Waals surface area contributed by atoms with E-state index in [0.717, 1.165) is 0 Å². The summed E-state index contributed by atoms with van der Waals surface area (Å²) in [6.45, 7) is 11.7. The quantitative estimate of drug-likeness (QED) is 0.723. The molecule has 0 aromatic rings. The van der Waals surface area contributed by atoms with Crippen LogP contribution in [0.2, 0.25) is 39.3 Å². The van der Waals surface area contributed by atoms with Crippen molar-refractivity contribution in [3.63, 3.8) is 0 Å². The molecule has 1 aliphatic carbocycles. The molecule has 1 aliphatic rings. The first-order valence-corrected chi connectivity index (χ1v) is 14.4. The second-order valence-corrected chi connectivity index (χ2v) is 16.7. The Labute approximate surface area is 134 Å². The van der Waals surface area contributed by atoms with Crippen LogP contribution in [0.5, 0.6) is 0 Å². The summed E-state index contributed by atoms with van der Waals surface area (Å²) in [6, 6.07) is 0. The van der Waals surface area contributed by atoms with Gasteiger partial charge in [0, 0.05) is 5.03 Å². The molecule has 7 heteroatoms. The number of hydrogen-bond donors (Lipinski definition) is 0. The molecule has 0 aromatic carbocycles. The normalized spacial score (nSPS) is 23.3. The number of halogens is 1. The molecule has 0 heterocycles. The predicted octanol–water partition coefficient (Wildman–Crippen LogP) is 3.89. The van der Waals surface area contributed by atoms with Crippen LogP contribution in [0.15, 0.2) is 11.1 Å². The van der Waals surface area contributed by atoms with Crippen molar-refractivity contribution in [1.82, 2.24) is 0 Å². The zero-order valence-electron chi connectivity index (χ0n) is 13.7. The Hall–Kier alpha value is -0.596. The van der Waals surface area contributed by atoms with E-state index in [1.807, 2.05) is 39.3 Å². The standard InChI is InChI=1S/C14H25ClO4Si2/c1-20(2,3)18-13(16)11-8-7-10(15)9-12(11)14(17)19-21(4,5)6/h7,11-12H,8-9H2,1-6H3. The van der Waals surface area contributed by atoms with Gasteiger partial charge < -0.3 is 8.85 Å². The fraction of sp³-hybridized carbons (Fsp3) is 0.714. The van der Waals surface area contributed by atoms with Gasteiger partial charge >= 0.3 is 0 Å². The van der Waals surface area contributed by atoms with Crippen molar-refractivity contribution >= 4 is 40.2 Å². The van der Waals surface area contributed by atoms with E-state index in [1.165, 1.54) is 0 Å². The van der Waals surface area contributed by atoms with Crippen molar-refractivity contribution in [2.75, 3.05) is 0 Å². The second kappa shape index (κ2) is 6.66. The van der Waals surface area contributed by atoms with Crippen LogP contribution in [-0.2, 0) is 18.4 Å². The van der Waals surface area contributed by atoms with Crippen LogP contribution in [0.3, 0.4) is 0 Å². The first kappa shape index (κ1) is 18.5. The molecule has 4 nitrogen and oxygen atoms in total. The number of carbonyl (C=O) groups excluding carboxylic acids is 2. The lowest BCUT2D eigenvalue weighted by molar-refractivity contribution is -0.151. The van der Waals surface area contributed by atoms with Gasteiger partial charge in [-0.05, 0) is 52.1 Å². The van der Waals surface area contributed by atoms with E-state index in [1.54, 1.807) is 6.08 Å². The molecule has 2 atom stereocenters. The first-order chi connectivity index (χ1) is 9.39. The Balaban J connectivity index is 2.89. The number of hydrogen-bond acceptors (Lipinski definition) is 4. The van der Waals surface area contributed by atoms with Gasteiger partial charge in [-0.3, -0.25) is 9.59 Å². The minimum Gasteiger partial charge on any atom is -0.520 e. The van der Waals surface area contributed by atoms with E-state index < -0.39 is 28.5 Å². The van der Waals surface area contributed by atoms with Crippen LogP contribution in [0.25, 0.3) is 0 Å². The summed E-state index contributed by atoms with van der Waals surface area (Å²) in [7, 11) is -3.97. The monoisotopic (exact) mass is 348 g/mol. The highest BCUT2D eigenvalue weighted by Crippen LogP contribution is 2.34. The molecule has 0 radical (unpaired) electrons. The smallest absolute Gasteiger partial charge is 0.296 e. The van der Waals surface area contributed by atoms with Gasteiger partial charge in [-0.2, -0.15) is 0 Å². The topological polar surface area (TPSA) is 52.6 Å². The van der Waals surface area contributed by atoms with Crippen LogP contribution in [0, 0.1) is 11.8 Å². The summed E-state index contributed by atoms with van der Waals surface area (Å²) in [5.74, 6) is -1.63. The van der Waals surface area contributed by atoms with Crippen molar-refractivity contribution in [2.24, 2.45) is 11.8 Å². The van der Waals surface area contributed by atoms with E-state index in [-0.39, 0.29) is 11.9 Å². The lowest BCUT2D eigenvalue weighted by Crippen LogP contribution is -2.41. The van der Waals surface area contributed by atoms with Gasteiger partial charge in [0.1, 0.15) is 0 Å². The zero-order valence-corrected chi connectivity index (χ0v) is 16.4. The van der Waals surface area contributed by atoms with Crippen LogP contribution in [-0.4, -0.2) is 28.6 Å². The van der Waals surface area contributed by atoms with Gasteiger partial charge in [-0.1, -0.05) is 17.7 Å². The second-order valence-electron chi connectivity index (χ2n) is 7.37. The highest BCUT2D eigenvalue weighted by atomic mass is 35.5. The van der Waals surface area contributed by atoms with Gasteiger partial charge in [-0.15, -0.1) is 0 Å². The lowest BCUT2D eigenvalue weighted by atomic mass is 9.83. The summed E-state index contributed by atoms with van der Waals surface area (Å²) < 4.78 is 11.1. The molecule has 0 bridgehead atoms. The number of carbonyl (C=O) groups is 2. The highest BCUT2D eigenvalue weighted by molar-refractivity contribution is 6.71. The molecule has 0 N–H and O–H groups in total. The maximum absolute atomic E-state index is 12.4. The zero-order chi connectivity index (χ0) is 16.4. The van der Waals surface area contributed by atoms with Crippen molar-refractivity contribution in [1.29, 1.82) is 0 Å². The number of allylic oxidation sites excluding steroid dienone is 2. The molecule has 2 unspecified atom stereocenters. The maximum atomic E-state index is 12.4.